The number of ether oxygens (including phenoxy) is 2. The summed E-state index contributed by atoms with van der Waals surface area (Å²) < 4.78 is 12.9. The van der Waals surface area contributed by atoms with Crippen molar-refractivity contribution in [2.24, 2.45) is 0 Å². The van der Waals surface area contributed by atoms with Gasteiger partial charge in [0.05, 0.1) is 13.2 Å². The number of rotatable bonds is 7. The first kappa shape index (κ1) is 24.3. The highest BCUT2D eigenvalue weighted by Gasteiger charge is 2.22. The smallest absolute Gasteiger partial charge is 0.134 e. The summed E-state index contributed by atoms with van der Waals surface area (Å²) in [5.41, 5.74) is 5.00. The Morgan fingerprint density at radius 1 is 0.447 bits per heavy atom. The molecule has 6 rings (SSSR count). The average Bonchev–Trinajstić information content (AvgIpc) is 2.94. The van der Waals surface area contributed by atoms with Crippen LogP contribution in [0.3, 0.4) is 0 Å². The highest BCUT2D eigenvalue weighted by molar-refractivity contribution is 6.26. The summed E-state index contributed by atoms with van der Waals surface area (Å²) in [5.74, 6) is 1.96. The minimum absolute atomic E-state index is 0.695. The van der Waals surface area contributed by atoms with Crippen LogP contribution in [0.25, 0.3) is 54.2 Å². The van der Waals surface area contributed by atoms with Crippen molar-refractivity contribution < 1.29 is 9.47 Å². The van der Waals surface area contributed by atoms with Crippen molar-refractivity contribution in [3.05, 3.63) is 96.1 Å². The Morgan fingerprint density at radius 3 is 1.21 bits per heavy atom. The van der Waals surface area contributed by atoms with Crippen molar-refractivity contribution in [3.63, 3.8) is 0 Å². The number of aryl methyl sites for hydroxylation is 2. The molecule has 0 aromatic heterocycles. The van der Waals surface area contributed by atoms with E-state index in [1.807, 2.05) is 0 Å². The molecule has 0 amide bonds. The van der Waals surface area contributed by atoms with Crippen LogP contribution in [0.2, 0.25) is 0 Å². The van der Waals surface area contributed by atoms with Crippen molar-refractivity contribution in [2.45, 2.75) is 40.5 Å². The maximum atomic E-state index is 6.45. The maximum Gasteiger partial charge on any atom is 0.134 e. The normalized spacial score (nSPS) is 11.6. The van der Waals surface area contributed by atoms with E-state index >= 15 is 0 Å². The Kier molecular flexibility index (Phi) is 6.41. The van der Waals surface area contributed by atoms with Gasteiger partial charge >= 0.3 is 0 Å². The molecular formula is C36H34O2. The molecule has 0 aliphatic heterocycles. The molecule has 0 N–H and O–H groups in total. The van der Waals surface area contributed by atoms with Gasteiger partial charge in [0.25, 0.3) is 0 Å². The molecule has 0 radical (unpaired) electrons. The summed E-state index contributed by atoms with van der Waals surface area (Å²) in [6, 6.07) is 31.0. The van der Waals surface area contributed by atoms with Gasteiger partial charge in [-0.3, -0.25) is 0 Å². The zero-order valence-corrected chi connectivity index (χ0v) is 22.7. The van der Waals surface area contributed by atoms with Gasteiger partial charge in [0.15, 0.2) is 0 Å². The molecule has 0 heterocycles. The van der Waals surface area contributed by atoms with E-state index in [1.165, 1.54) is 43.8 Å². The monoisotopic (exact) mass is 498 g/mol. The van der Waals surface area contributed by atoms with E-state index in [4.69, 9.17) is 9.47 Å². The van der Waals surface area contributed by atoms with Gasteiger partial charge in [-0.1, -0.05) is 110 Å². The van der Waals surface area contributed by atoms with E-state index in [0.717, 1.165) is 45.9 Å². The van der Waals surface area contributed by atoms with E-state index in [2.05, 4.69) is 113 Å². The first-order valence-electron chi connectivity index (χ1n) is 13.8. The first-order valence-corrected chi connectivity index (χ1v) is 13.8. The summed E-state index contributed by atoms with van der Waals surface area (Å²) in [7, 11) is 0. The Balaban J connectivity index is 1.86. The molecule has 6 aromatic carbocycles. The van der Waals surface area contributed by atoms with Crippen molar-refractivity contribution >= 4 is 43.1 Å². The van der Waals surface area contributed by atoms with Gasteiger partial charge in [-0.15, -0.1) is 0 Å². The largest absolute Gasteiger partial charge is 0.492 e. The van der Waals surface area contributed by atoms with Gasteiger partial charge in [0, 0.05) is 21.5 Å². The molecule has 0 bridgehead atoms. The fourth-order valence-corrected chi connectivity index (χ4v) is 5.76. The fraction of sp³-hybridized carbons (Fsp3) is 0.222. The van der Waals surface area contributed by atoms with E-state index < -0.39 is 0 Å². The molecule has 0 fully saturated rings. The predicted octanol–water partition coefficient (Wildman–Crippen LogP) is 10.2. The van der Waals surface area contributed by atoms with Crippen molar-refractivity contribution in [1.82, 2.24) is 0 Å². The van der Waals surface area contributed by atoms with Gasteiger partial charge in [-0.2, -0.15) is 0 Å². The highest BCUT2D eigenvalue weighted by atomic mass is 16.5. The SMILES string of the molecule is CCCOc1c2ccccc2c(-c2c3ccccc3c(OCCC)c3ccc(C)cc23)c2cc(C)ccc12. The van der Waals surface area contributed by atoms with Crippen LogP contribution in [-0.2, 0) is 0 Å². The van der Waals surface area contributed by atoms with Crippen LogP contribution in [0, 0.1) is 13.8 Å². The van der Waals surface area contributed by atoms with Gasteiger partial charge in [-0.25, -0.2) is 0 Å². The van der Waals surface area contributed by atoms with E-state index in [0.29, 0.717) is 13.2 Å². The lowest BCUT2D eigenvalue weighted by molar-refractivity contribution is 0.324. The Hall–Kier alpha value is -4.04. The van der Waals surface area contributed by atoms with Gasteiger partial charge < -0.3 is 9.47 Å². The van der Waals surface area contributed by atoms with Crippen molar-refractivity contribution in [2.75, 3.05) is 13.2 Å². The van der Waals surface area contributed by atoms with Crippen LogP contribution in [0.15, 0.2) is 84.9 Å². The summed E-state index contributed by atoms with van der Waals surface area (Å²) in [5, 5.41) is 9.52. The van der Waals surface area contributed by atoms with Crippen molar-refractivity contribution in [3.8, 4) is 22.6 Å². The highest BCUT2D eigenvalue weighted by Crippen LogP contribution is 2.50. The lowest BCUT2D eigenvalue weighted by Gasteiger charge is -2.22. The van der Waals surface area contributed by atoms with E-state index in [1.54, 1.807) is 0 Å². The summed E-state index contributed by atoms with van der Waals surface area (Å²) in [4.78, 5) is 0. The Labute approximate surface area is 224 Å². The Morgan fingerprint density at radius 2 is 0.816 bits per heavy atom. The Bertz CT molecular complexity index is 1680. The molecule has 2 nitrogen and oxygen atoms in total. The zero-order chi connectivity index (χ0) is 26.2. The van der Waals surface area contributed by atoms with Gasteiger partial charge in [0.1, 0.15) is 11.5 Å². The molecule has 190 valence electrons. The van der Waals surface area contributed by atoms with Crippen molar-refractivity contribution in [1.29, 1.82) is 0 Å². The quantitative estimate of drug-likeness (QED) is 0.204. The molecule has 2 heteroatoms. The fourth-order valence-electron chi connectivity index (χ4n) is 5.76. The van der Waals surface area contributed by atoms with E-state index in [9.17, 15) is 0 Å². The lowest BCUT2D eigenvalue weighted by Crippen LogP contribution is -2.00. The number of fused-ring (bicyclic) bond motifs is 4. The standard InChI is InChI=1S/C36H34O2/c1-5-19-37-35-27-13-9-7-11-25(27)33(31-21-23(3)15-17-29(31)35)34-26-12-8-10-14-28(26)36(38-20-6-2)30-18-16-24(4)22-32(30)34/h7-18,21-22H,5-6,19-20H2,1-4H3. The topological polar surface area (TPSA) is 18.5 Å². The summed E-state index contributed by atoms with van der Waals surface area (Å²) in [6.45, 7) is 10.1. The van der Waals surface area contributed by atoms with Crippen LogP contribution >= 0.6 is 0 Å². The maximum absolute atomic E-state index is 6.45. The second kappa shape index (κ2) is 10.0. The van der Waals surface area contributed by atoms with E-state index in [-0.39, 0.29) is 0 Å². The van der Waals surface area contributed by atoms with Crippen LogP contribution < -0.4 is 9.47 Å². The second-order valence-electron chi connectivity index (χ2n) is 10.3. The second-order valence-corrected chi connectivity index (χ2v) is 10.3. The minimum Gasteiger partial charge on any atom is -0.492 e. The third-order valence-corrected chi connectivity index (χ3v) is 7.41. The van der Waals surface area contributed by atoms with Crippen LogP contribution in [-0.4, -0.2) is 13.2 Å². The van der Waals surface area contributed by atoms with Gasteiger partial charge in [-0.05, 0) is 59.4 Å². The third kappa shape index (κ3) is 3.96. The summed E-state index contributed by atoms with van der Waals surface area (Å²) >= 11 is 0. The molecule has 6 aromatic rings. The molecular weight excluding hydrogens is 464 g/mol. The van der Waals surface area contributed by atoms with Crippen LogP contribution in [0.4, 0.5) is 0 Å². The van der Waals surface area contributed by atoms with Crippen LogP contribution in [0.1, 0.15) is 37.8 Å². The molecule has 0 atom stereocenters. The molecule has 0 saturated heterocycles. The average molecular weight is 499 g/mol. The number of benzene rings is 6. The molecule has 0 saturated carbocycles. The van der Waals surface area contributed by atoms with Gasteiger partial charge in [0.2, 0.25) is 0 Å². The predicted molar refractivity (Wildman–Crippen MR) is 163 cm³/mol. The number of hydrogen-bond acceptors (Lipinski definition) is 2. The molecule has 0 spiro atoms. The molecule has 0 aliphatic rings. The minimum atomic E-state index is 0.695. The zero-order valence-electron chi connectivity index (χ0n) is 22.7. The molecule has 38 heavy (non-hydrogen) atoms. The van der Waals surface area contributed by atoms with Crippen LogP contribution in [0.5, 0.6) is 11.5 Å². The lowest BCUT2D eigenvalue weighted by atomic mass is 9.84. The molecule has 0 unspecified atom stereocenters. The number of hydrogen-bond donors (Lipinski definition) is 0. The summed E-state index contributed by atoms with van der Waals surface area (Å²) in [6.07, 6.45) is 1.94. The first-order chi connectivity index (χ1) is 18.6. The molecule has 0 aliphatic carbocycles. The third-order valence-electron chi connectivity index (χ3n) is 7.41.